The van der Waals surface area contributed by atoms with E-state index in [1.54, 1.807) is 17.0 Å². The third kappa shape index (κ3) is 3.75. The molecule has 142 valence electrons. The molecule has 8 heteroatoms. The van der Waals surface area contributed by atoms with Crippen molar-refractivity contribution in [2.24, 2.45) is 12.0 Å². The third-order valence-electron chi connectivity index (χ3n) is 4.33. The Balaban J connectivity index is 1.53. The number of halogens is 1. The van der Waals surface area contributed by atoms with E-state index < -0.39 is 0 Å². The first-order valence-electron chi connectivity index (χ1n) is 8.73. The van der Waals surface area contributed by atoms with Gasteiger partial charge in [-0.1, -0.05) is 28.8 Å². The molecular formula is C20H18ClN5O2. The molecule has 0 amide bonds. The van der Waals surface area contributed by atoms with Gasteiger partial charge in [0.05, 0.1) is 5.71 Å². The normalized spacial score (nSPS) is 14.7. The summed E-state index contributed by atoms with van der Waals surface area (Å²) in [5, 5.41) is 9.03. The molecule has 1 unspecified atom stereocenters. The summed E-state index contributed by atoms with van der Waals surface area (Å²) >= 11 is 6.08. The van der Waals surface area contributed by atoms with Crippen LogP contribution in [0, 0.1) is 0 Å². The molecule has 0 spiro atoms. The summed E-state index contributed by atoms with van der Waals surface area (Å²) in [6.07, 6.45) is 4.96. The van der Waals surface area contributed by atoms with Crippen LogP contribution in [0.1, 0.15) is 12.5 Å². The summed E-state index contributed by atoms with van der Waals surface area (Å²) in [5.74, 6) is 1.41. The first-order valence-corrected chi connectivity index (χ1v) is 9.11. The van der Waals surface area contributed by atoms with E-state index in [0.29, 0.717) is 22.6 Å². The Morgan fingerprint density at radius 1 is 1.14 bits per heavy atom. The first kappa shape index (κ1) is 18.2. The molecule has 2 aromatic heterocycles. The van der Waals surface area contributed by atoms with Gasteiger partial charge in [0.15, 0.2) is 12.6 Å². The highest BCUT2D eigenvalue weighted by Gasteiger charge is 2.20. The lowest BCUT2D eigenvalue weighted by Crippen LogP contribution is -2.26. The van der Waals surface area contributed by atoms with Crippen LogP contribution < -0.4 is 4.74 Å². The molecule has 3 aromatic rings. The number of aromatic nitrogens is 4. The van der Waals surface area contributed by atoms with Crippen LogP contribution in [-0.2, 0) is 11.8 Å². The molecule has 3 heterocycles. The number of aliphatic imine (C=N–C) groups is 1. The van der Waals surface area contributed by atoms with Gasteiger partial charge in [0.25, 0.3) is 0 Å². The van der Waals surface area contributed by atoms with E-state index in [0.717, 1.165) is 16.8 Å². The van der Waals surface area contributed by atoms with Crippen molar-refractivity contribution in [3.8, 4) is 17.4 Å². The summed E-state index contributed by atoms with van der Waals surface area (Å²) < 4.78 is 13.5. The minimum atomic E-state index is -0.328. The van der Waals surface area contributed by atoms with Gasteiger partial charge in [-0.05, 0) is 31.2 Å². The highest BCUT2D eigenvalue weighted by atomic mass is 35.5. The van der Waals surface area contributed by atoms with Gasteiger partial charge < -0.3 is 9.47 Å². The van der Waals surface area contributed by atoms with Crippen molar-refractivity contribution in [3.63, 3.8) is 0 Å². The molecule has 0 bridgehead atoms. The molecule has 0 saturated carbocycles. The van der Waals surface area contributed by atoms with E-state index >= 15 is 0 Å². The van der Waals surface area contributed by atoms with Crippen LogP contribution in [0.3, 0.4) is 0 Å². The maximum Gasteiger partial charge on any atom is 0.317 e. The first-order chi connectivity index (χ1) is 13.6. The van der Waals surface area contributed by atoms with Crippen LogP contribution in [0.15, 0.2) is 59.9 Å². The fourth-order valence-corrected chi connectivity index (χ4v) is 3.03. The third-order valence-corrected chi connectivity index (χ3v) is 4.56. The Morgan fingerprint density at radius 2 is 1.96 bits per heavy atom. The Kier molecular flexibility index (Phi) is 5.08. The van der Waals surface area contributed by atoms with Crippen LogP contribution in [0.5, 0.6) is 6.01 Å². The Hall–Kier alpha value is -3.19. The summed E-state index contributed by atoms with van der Waals surface area (Å²) in [6.45, 7) is 2.14. The number of hydrogen-bond acceptors (Lipinski definition) is 6. The molecule has 1 atom stereocenters. The molecule has 0 saturated heterocycles. The van der Waals surface area contributed by atoms with E-state index in [4.69, 9.17) is 21.1 Å². The van der Waals surface area contributed by atoms with Crippen molar-refractivity contribution in [1.29, 1.82) is 0 Å². The van der Waals surface area contributed by atoms with Gasteiger partial charge >= 0.3 is 6.01 Å². The van der Waals surface area contributed by atoms with Crippen molar-refractivity contribution in [3.05, 3.63) is 65.5 Å². The molecule has 0 aliphatic carbocycles. The average Bonchev–Trinajstić information content (AvgIpc) is 3.09. The molecule has 1 aromatic carbocycles. The summed E-state index contributed by atoms with van der Waals surface area (Å²) in [7, 11) is 1.86. The summed E-state index contributed by atoms with van der Waals surface area (Å²) in [5.41, 5.74) is 2.57. The summed E-state index contributed by atoms with van der Waals surface area (Å²) in [4.78, 5) is 8.44. The zero-order valence-electron chi connectivity index (χ0n) is 15.4. The number of ether oxygens (including phenoxy) is 2. The molecule has 7 nitrogen and oxygen atoms in total. The second kappa shape index (κ2) is 7.82. The van der Waals surface area contributed by atoms with Gasteiger partial charge in [0, 0.05) is 41.7 Å². The SMILES string of the molecule is CC(Oc1nnc(-c2ccncc2)n1C)C1=NCOC(c2cccc(Cl)c2)=C1. The largest absolute Gasteiger partial charge is 0.471 e. The smallest absolute Gasteiger partial charge is 0.317 e. The van der Waals surface area contributed by atoms with E-state index in [2.05, 4.69) is 20.2 Å². The fourth-order valence-electron chi connectivity index (χ4n) is 2.84. The van der Waals surface area contributed by atoms with Crippen LogP contribution in [-0.4, -0.2) is 38.3 Å². The highest BCUT2D eigenvalue weighted by Crippen LogP contribution is 2.24. The van der Waals surface area contributed by atoms with Crippen molar-refractivity contribution in [2.45, 2.75) is 13.0 Å². The molecule has 1 aliphatic heterocycles. The average molecular weight is 396 g/mol. The maximum absolute atomic E-state index is 6.08. The second-order valence-corrected chi connectivity index (χ2v) is 6.67. The van der Waals surface area contributed by atoms with Crippen LogP contribution >= 0.6 is 11.6 Å². The monoisotopic (exact) mass is 395 g/mol. The molecule has 4 rings (SSSR count). The van der Waals surface area contributed by atoms with Gasteiger partial charge in [-0.25, -0.2) is 4.99 Å². The summed E-state index contributed by atoms with van der Waals surface area (Å²) in [6, 6.07) is 11.7. The van der Waals surface area contributed by atoms with E-state index in [9.17, 15) is 0 Å². The Labute approximate surface area is 167 Å². The maximum atomic E-state index is 6.08. The predicted octanol–water partition coefficient (Wildman–Crippen LogP) is 3.77. The van der Waals surface area contributed by atoms with Crippen molar-refractivity contribution < 1.29 is 9.47 Å². The molecule has 28 heavy (non-hydrogen) atoms. The van der Waals surface area contributed by atoms with E-state index in [1.807, 2.05) is 56.4 Å². The lowest BCUT2D eigenvalue weighted by atomic mass is 10.1. The minimum absolute atomic E-state index is 0.225. The molecule has 1 aliphatic rings. The minimum Gasteiger partial charge on any atom is -0.471 e. The standard InChI is InChI=1S/C20H18ClN5O2/c1-13(17-11-18(27-12-23-17)15-4-3-5-16(21)10-15)28-20-25-24-19(26(20)2)14-6-8-22-9-7-14/h3-11,13H,12H2,1-2H3. The van der Waals surface area contributed by atoms with Crippen molar-refractivity contribution in [2.75, 3.05) is 6.73 Å². The lowest BCUT2D eigenvalue weighted by molar-refractivity contribution is 0.246. The Bertz CT molecular complexity index is 1050. The molecule has 0 N–H and O–H groups in total. The Morgan fingerprint density at radius 3 is 2.75 bits per heavy atom. The number of benzene rings is 1. The topological polar surface area (TPSA) is 74.4 Å². The number of pyridine rings is 1. The van der Waals surface area contributed by atoms with Crippen LogP contribution in [0.25, 0.3) is 17.1 Å². The molecular weight excluding hydrogens is 378 g/mol. The second-order valence-electron chi connectivity index (χ2n) is 6.24. The van der Waals surface area contributed by atoms with Gasteiger partial charge in [-0.3, -0.25) is 9.55 Å². The van der Waals surface area contributed by atoms with Crippen LogP contribution in [0.4, 0.5) is 0 Å². The zero-order chi connectivity index (χ0) is 19.5. The van der Waals surface area contributed by atoms with Crippen LogP contribution in [0.2, 0.25) is 5.02 Å². The number of nitrogens with zero attached hydrogens (tertiary/aromatic N) is 5. The number of hydrogen-bond donors (Lipinski definition) is 0. The molecule has 0 radical (unpaired) electrons. The van der Waals surface area contributed by atoms with Gasteiger partial charge in [0.1, 0.15) is 11.9 Å². The number of rotatable bonds is 5. The van der Waals surface area contributed by atoms with Gasteiger partial charge in [-0.2, -0.15) is 0 Å². The zero-order valence-corrected chi connectivity index (χ0v) is 16.2. The predicted molar refractivity (Wildman–Crippen MR) is 107 cm³/mol. The van der Waals surface area contributed by atoms with Crippen molar-refractivity contribution >= 4 is 23.1 Å². The fraction of sp³-hybridized carbons (Fsp3) is 0.200. The van der Waals surface area contributed by atoms with Gasteiger partial charge in [-0.15, -0.1) is 5.10 Å². The van der Waals surface area contributed by atoms with Gasteiger partial charge in [0.2, 0.25) is 0 Å². The van der Waals surface area contributed by atoms with E-state index in [-0.39, 0.29) is 12.8 Å². The quantitative estimate of drug-likeness (QED) is 0.657. The van der Waals surface area contributed by atoms with Crippen molar-refractivity contribution in [1.82, 2.24) is 19.7 Å². The lowest BCUT2D eigenvalue weighted by Gasteiger charge is -2.19. The molecule has 0 fully saturated rings. The van der Waals surface area contributed by atoms with E-state index in [1.165, 1.54) is 0 Å². The highest BCUT2D eigenvalue weighted by molar-refractivity contribution is 6.30.